The average Bonchev–Trinajstić information content (AvgIpc) is 3.45. The number of rotatable bonds is 4. The van der Waals surface area contributed by atoms with Crippen LogP contribution < -0.4 is 10.1 Å². The summed E-state index contributed by atoms with van der Waals surface area (Å²) in [6.45, 7) is 4.07. The fraction of sp³-hybridized carbons (Fsp3) is 0.474. The van der Waals surface area contributed by atoms with Crippen molar-refractivity contribution in [3.05, 3.63) is 33.1 Å². The van der Waals surface area contributed by atoms with Gasteiger partial charge in [0.05, 0.1) is 18.0 Å². The molecule has 0 amide bonds. The highest BCUT2D eigenvalue weighted by atomic mass is 32.1. The smallest absolute Gasteiger partial charge is 0.206 e. The summed E-state index contributed by atoms with van der Waals surface area (Å²) in [7, 11) is 0. The minimum atomic E-state index is -0.535. The molecule has 4 N–H and O–H groups in total. The quantitative estimate of drug-likeness (QED) is 0.477. The molecule has 2 aliphatic rings. The van der Waals surface area contributed by atoms with Gasteiger partial charge >= 0.3 is 0 Å². The van der Waals surface area contributed by atoms with Crippen LogP contribution in [0.1, 0.15) is 47.7 Å². The number of thiazole rings is 1. The molecule has 2 aromatic rings. The van der Waals surface area contributed by atoms with Crippen molar-refractivity contribution >= 4 is 17.6 Å². The van der Waals surface area contributed by atoms with Crippen LogP contribution in [0.25, 0.3) is 0 Å². The van der Waals surface area contributed by atoms with Crippen LogP contribution in [0.3, 0.4) is 0 Å². The lowest BCUT2D eigenvalue weighted by Crippen LogP contribution is -2.31. The zero-order valence-electron chi connectivity index (χ0n) is 15.2. The summed E-state index contributed by atoms with van der Waals surface area (Å²) in [5.41, 5.74) is 1.53. The molecule has 7 nitrogen and oxygen atoms in total. The zero-order chi connectivity index (χ0) is 19.0. The molecule has 1 saturated heterocycles. The molecule has 0 atom stereocenters. The summed E-state index contributed by atoms with van der Waals surface area (Å²) in [6, 6.07) is 3.15. The Hall–Kier alpha value is -2.32. The normalized spacial score (nSPS) is 19.2. The maximum Gasteiger partial charge on any atom is 0.206 e. The van der Waals surface area contributed by atoms with E-state index in [9.17, 15) is 15.3 Å². The molecule has 2 fully saturated rings. The van der Waals surface area contributed by atoms with Crippen LogP contribution in [-0.2, 0) is 0 Å². The number of aromatic hydroxyl groups is 3. The van der Waals surface area contributed by atoms with Crippen molar-refractivity contribution in [2.75, 3.05) is 13.1 Å². The zero-order valence-corrected chi connectivity index (χ0v) is 16.0. The number of phenolic OH excluding ortho intramolecular Hbond substituents is 3. The van der Waals surface area contributed by atoms with Gasteiger partial charge in [-0.25, -0.2) is 4.68 Å². The molecule has 0 radical (unpaired) electrons. The van der Waals surface area contributed by atoms with Crippen molar-refractivity contribution in [1.82, 2.24) is 9.99 Å². The van der Waals surface area contributed by atoms with Gasteiger partial charge in [-0.05, 0) is 57.8 Å². The fourth-order valence-corrected chi connectivity index (χ4v) is 4.46. The average molecular weight is 388 g/mol. The Kier molecular flexibility index (Phi) is 4.92. The standard InChI is InChI=1S/C19H24N4O3S/c1-11-16(12-2-3-12)23(19(27-11)22-14-6-8-20-9-7-14)21-10-13-4-5-15(24)18(26)17(13)25/h4-5,10,12,14,20,24-26H,2-3,6-9H2,1H3/b21-10+,22-19-. The van der Waals surface area contributed by atoms with Crippen LogP contribution in [0, 0.1) is 6.92 Å². The van der Waals surface area contributed by atoms with E-state index in [0.717, 1.165) is 43.6 Å². The molecular formula is C19H24N4O3S. The van der Waals surface area contributed by atoms with E-state index in [-0.39, 0.29) is 11.5 Å². The molecule has 1 aliphatic heterocycles. The number of hydrogen-bond acceptors (Lipinski definition) is 7. The van der Waals surface area contributed by atoms with Crippen molar-refractivity contribution < 1.29 is 15.3 Å². The highest BCUT2D eigenvalue weighted by Gasteiger charge is 2.30. The van der Waals surface area contributed by atoms with Crippen molar-refractivity contribution in [3.63, 3.8) is 0 Å². The van der Waals surface area contributed by atoms with Gasteiger partial charge in [-0.1, -0.05) is 0 Å². The van der Waals surface area contributed by atoms with Crippen molar-refractivity contribution in [2.24, 2.45) is 10.1 Å². The molecule has 2 heterocycles. The number of aromatic nitrogens is 1. The van der Waals surface area contributed by atoms with Gasteiger partial charge in [0.25, 0.3) is 0 Å². The maximum atomic E-state index is 10.0. The lowest BCUT2D eigenvalue weighted by atomic mass is 10.1. The minimum absolute atomic E-state index is 0.295. The number of hydrogen-bond donors (Lipinski definition) is 4. The van der Waals surface area contributed by atoms with E-state index in [2.05, 4.69) is 17.3 Å². The number of nitrogens with zero attached hydrogens (tertiary/aromatic N) is 3. The number of aryl methyl sites for hydroxylation is 1. The van der Waals surface area contributed by atoms with Gasteiger partial charge in [-0.2, -0.15) is 5.10 Å². The third kappa shape index (κ3) is 3.72. The summed E-state index contributed by atoms with van der Waals surface area (Å²) in [6.07, 6.45) is 5.86. The maximum absolute atomic E-state index is 10.0. The monoisotopic (exact) mass is 388 g/mol. The van der Waals surface area contributed by atoms with E-state index in [1.807, 2.05) is 4.68 Å². The molecule has 1 aromatic carbocycles. The lowest BCUT2D eigenvalue weighted by molar-refractivity contribution is 0.367. The first-order valence-electron chi connectivity index (χ1n) is 9.29. The summed E-state index contributed by atoms with van der Waals surface area (Å²) in [4.78, 5) is 7.05. The fourth-order valence-electron chi connectivity index (χ4n) is 3.40. The Balaban J connectivity index is 1.74. The third-order valence-corrected chi connectivity index (χ3v) is 6.03. The van der Waals surface area contributed by atoms with E-state index in [0.29, 0.717) is 17.5 Å². The molecule has 27 heavy (non-hydrogen) atoms. The number of nitrogens with one attached hydrogen (secondary N) is 1. The van der Waals surface area contributed by atoms with Gasteiger partial charge in [0.1, 0.15) is 0 Å². The molecule has 144 valence electrons. The van der Waals surface area contributed by atoms with Crippen LogP contribution in [0.15, 0.2) is 22.2 Å². The lowest BCUT2D eigenvalue weighted by Gasteiger charge is -2.18. The summed E-state index contributed by atoms with van der Waals surface area (Å²) < 4.78 is 1.89. The minimum Gasteiger partial charge on any atom is -0.504 e. The summed E-state index contributed by atoms with van der Waals surface area (Å²) in [5.74, 6) is -0.760. The van der Waals surface area contributed by atoms with Gasteiger partial charge in [0, 0.05) is 16.4 Å². The van der Waals surface area contributed by atoms with E-state index in [4.69, 9.17) is 4.99 Å². The second-order valence-electron chi connectivity index (χ2n) is 7.14. The van der Waals surface area contributed by atoms with Crippen molar-refractivity contribution in [3.8, 4) is 17.2 Å². The van der Waals surface area contributed by atoms with Gasteiger partial charge in [0.2, 0.25) is 10.6 Å². The largest absolute Gasteiger partial charge is 0.504 e. The first-order chi connectivity index (χ1) is 13.0. The number of benzene rings is 1. The van der Waals surface area contributed by atoms with Gasteiger partial charge in [0.15, 0.2) is 11.5 Å². The molecule has 1 saturated carbocycles. The topological polar surface area (TPSA) is 102 Å². The van der Waals surface area contributed by atoms with Crippen molar-refractivity contribution in [1.29, 1.82) is 0 Å². The van der Waals surface area contributed by atoms with E-state index >= 15 is 0 Å². The van der Waals surface area contributed by atoms with Crippen LogP contribution in [0.5, 0.6) is 17.2 Å². The molecule has 0 spiro atoms. The Morgan fingerprint density at radius 2 is 1.85 bits per heavy atom. The van der Waals surface area contributed by atoms with E-state index in [1.165, 1.54) is 28.9 Å². The Bertz CT molecular complexity index is 937. The first kappa shape index (κ1) is 18.1. The molecule has 0 bridgehead atoms. The molecule has 1 aliphatic carbocycles. The Morgan fingerprint density at radius 1 is 1.11 bits per heavy atom. The van der Waals surface area contributed by atoms with Gasteiger partial charge in [-0.3, -0.25) is 4.99 Å². The molecule has 4 rings (SSSR count). The van der Waals surface area contributed by atoms with Crippen LogP contribution >= 0.6 is 11.3 Å². The van der Waals surface area contributed by atoms with Crippen LogP contribution in [-0.4, -0.2) is 45.3 Å². The second kappa shape index (κ2) is 7.36. The van der Waals surface area contributed by atoms with Gasteiger partial charge < -0.3 is 20.6 Å². The van der Waals surface area contributed by atoms with E-state index < -0.39 is 5.75 Å². The third-order valence-electron chi connectivity index (χ3n) is 5.05. The molecular weight excluding hydrogens is 364 g/mol. The highest BCUT2D eigenvalue weighted by molar-refractivity contribution is 7.09. The molecule has 8 heteroatoms. The summed E-state index contributed by atoms with van der Waals surface area (Å²) >= 11 is 1.66. The van der Waals surface area contributed by atoms with Crippen LogP contribution in [0.2, 0.25) is 0 Å². The van der Waals surface area contributed by atoms with Gasteiger partial charge in [-0.15, -0.1) is 11.3 Å². The molecule has 1 aromatic heterocycles. The Labute approximate surface area is 161 Å². The SMILES string of the molecule is Cc1s/c(=N\C2CCNCC2)n(/N=C/c2ccc(O)c(O)c2O)c1C1CC1. The number of phenols is 3. The molecule has 0 unspecified atom stereocenters. The number of piperidine rings is 1. The predicted molar refractivity (Wildman–Crippen MR) is 105 cm³/mol. The van der Waals surface area contributed by atoms with Crippen molar-refractivity contribution in [2.45, 2.75) is 44.6 Å². The van der Waals surface area contributed by atoms with Crippen LogP contribution in [0.4, 0.5) is 0 Å². The summed E-state index contributed by atoms with van der Waals surface area (Å²) in [5, 5.41) is 37.2. The Morgan fingerprint density at radius 3 is 2.56 bits per heavy atom. The van der Waals surface area contributed by atoms with E-state index in [1.54, 1.807) is 11.3 Å². The first-order valence-corrected chi connectivity index (χ1v) is 10.1. The highest BCUT2D eigenvalue weighted by Crippen LogP contribution is 2.42. The predicted octanol–water partition coefficient (Wildman–Crippen LogP) is 2.39. The second-order valence-corrected chi connectivity index (χ2v) is 8.32.